The molecule has 0 bridgehead atoms. The molecule has 1 aliphatic heterocycles. The summed E-state index contributed by atoms with van der Waals surface area (Å²) in [5, 5.41) is 2.77. The third-order valence-electron chi connectivity index (χ3n) is 4.02. The maximum Gasteiger partial charge on any atom is 0.237 e. The number of hydrogen-bond acceptors (Lipinski definition) is 6. The van der Waals surface area contributed by atoms with Crippen LogP contribution in [0.1, 0.15) is 31.1 Å². The number of fused-ring (bicyclic) bond motifs is 1. The molecule has 7 heteroatoms. The highest BCUT2D eigenvalue weighted by Gasteiger charge is 2.26. The van der Waals surface area contributed by atoms with Gasteiger partial charge in [0.25, 0.3) is 0 Å². The number of rotatable bonds is 6. The number of nitrogens with two attached hydrogens (primary N) is 1. The second-order valence-electron chi connectivity index (χ2n) is 5.75. The SMILES string of the molecule is CC(N)C(=O)NC(C)N(C)C(C)C(=O)c1ccc2c(c1)OCO2. The molecule has 7 nitrogen and oxygen atoms in total. The van der Waals surface area contributed by atoms with Crippen LogP contribution in [0.15, 0.2) is 18.2 Å². The van der Waals surface area contributed by atoms with Crippen LogP contribution in [-0.2, 0) is 4.79 Å². The quantitative estimate of drug-likeness (QED) is 0.592. The van der Waals surface area contributed by atoms with Gasteiger partial charge in [-0.3, -0.25) is 14.5 Å². The van der Waals surface area contributed by atoms with Gasteiger partial charge in [-0.1, -0.05) is 0 Å². The molecule has 3 N–H and O–H groups in total. The number of benzene rings is 1. The number of amides is 1. The minimum absolute atomic E-state index is 0.0623. The number of likely N-dealkylation sites (N-methyl/N-ethyl adjacent to an activating group) is 1. The van der Waals surface area contributed by atoms with Crippen LogP contribution < -0.4 is 20.5 Å². The summed E-state index contributed by atoms with van der Waals surface area (Å²) < 4.78 is 10.5. The summed E-state index contributed by atoms with van der Waals surface area (Å²) in [5.41, 5.74) is 6.08. The first-order valence-corrected chi connectivity index (χ1v) is 7.53. The van der Waals surface area contributed by atoms with Crippen LogP contribution >= 0.6 is 0 Å². The van der Waals surface area contributed by atoms with Crippen molar-refractivity contribution in [2.75, 3.05) is 13.8 Å². The summed E-state index contributed by atoms with van der Waals surface area (Å²) in [4.78, 5) is 26.1. The van der Waals surface area contributed by atoms with E-state index in [4.69, 9.17) is 15.2 Å². The van der Waals surface area contributed by atoms with Gasteiger partial charge >= 0.3 is 0 Å². The van der Waals surface area contributed by atoms with Gasteiger partial charge in [-0.15, -0.1) is 0 Å². The van der Waals surface area contributed by atoms with Crippen LogP contribution in [0.5, 0.6) is 11.5 Å². The van der Waals surface area contributed by atoms with E-state index in [1.165, 1.54) is 0 Å². The molecule has 1 aromatic rings. The van der Waals surface area contributed by atoms with E-state index in [1.807, 2.05) is 6.92 Å². The normalized spacial score (nSPS) is 16.8. The van der Waals surface area contributed by atoms with Crippen molar-refractivity contribution in [1.82, 2.24) is 10.2 Å². The summed E-state index contributed by atoms with van der Waals surface area (Å²) in [6.07, 6.45) is -0.318. The van der Waals surface area contributed by atoms with Crippen LogP contribution in [0.4, 0.5) is 0 Å². The summed E-state index contributed by atoms with van der Waals surface area (Å²) in [7, 11) is 1.78. The van der Waals surface area contributed by atoms with E-state index in [2.05, 4.69) is 5.32 Å². The molecule has 0 spiro atoms. The molecule has 3 atom stereocenters. The zero-order chi connectivity index (χ0) is 17.1. The number of ether oxygens (including phenoxy) is 2. The minimum atomic E-state index is -0.592. The second kappa shape index (κ2) is 6.97. The van der Waals surface area contributed by atoms with E-state index in [0.717, 1.165) is 0 Å². The zero-order valence-corrected chi connectivity index (χ0v) is 13.8. The van der Waals surface area contributed by atoms with E-state index in [1.54, 1.807) is 44.0 Å². The Morgan fingerprint density at radius 1 is 1.22 bits per heavy atom. The van der Waals surface area contributed by atoms with Crippen molar-refractivity contribution in [2.24, 2.45) is 5.73 Å². The fraction of sp³-hybridized carbons (Fsp3) is 0.500. The highest BCUT2D eigenvalue weighted by atomic mass is 16.7. The van der Waals surface area contributed by atoms with Gasteiger partial charge in [0.15, 0.2) is 17.3 Å². The largest absolute Gasteiger partial charge is 0.454 e. The molecule has 0 radical (unpaired) electrons. The lowest BCUT2D eigenvalue weighted by Gasteiger charge is -2.30. The lowest BCUT2D eigenvalue weighted by molar-refractivity contribution is -0.123. The molecule has 1 aromatic carbocycles. The third kappa shape index (κ3) is 3.80. The van der Waals surface area contributed by atoms with E-state index >= 15 is 0 Å². The molecule has 23 heavy (non-hydrogen) atoms. The second-order valence-corrected chi connectivity index (χ2v) is 5.75. The molecule has 3 unspecified atom stereocenters. The smallest absolute Gasteiger partial charge is 0.237 e. The van der Waals surface area contributed by atoms with Crippen molar-refractivity contribution in [2.45, 2.75) is 39.0 Å². The fourth-order valence-corrected chi connectivity index (χ4v) is 2.25. The van der Waals surface area contributed by atoms with Crippen molar-refractivity contribution in [1.29, 1.82) is 0 Å². The Bertz CT molecular complexity index is 603. The molecule has 0 saturated carbocycles. The van der Waals surface area contributed by atoms with Crippen molar-refractivity contribution < 1.29 is 19.1 Å². The monoisotopic (exact) mass is 321 g/mol. The summed E-state index contributed by atoms with van der Waals surface area (Å²) in [5.74, 6) is 0.893. The average molecular weight is 321 g/mol. The van der Waals surface area contributed by atoms with Gasteiger partial charge in [-0.25, -0.2) is 0 Å². The van der Waals surface area contributed by atoms with E-state index < -0.39 is 12.1 Å². The fourth-order valence-electron chi connectivity index (χ4n) is 2.25. The van der Waals surface area contributed by atoms with Gasteiger partial charge in [0.2, 0.25) is 12.7 Å². The number of nitrogens with zero attached hydrogens (tertiary/aromatic N) is 1. The predicted octanol–water partition coefficient (Wildman–Crippen LogP) is 0.728. The molecule has 1 heterocycles. The molecular formula is C16H23N3O4. The standard InChI is InChI=1S/C16H23N3O4/c1-9(17)16(21)18-11(3)19(4)10(2)15(20)12-5-6-13-14(7-12)23-8-22-13/h5-7,9-11H,8,17H2,1-4H3,(H,18,21). The lowest BCUT2D eigenvalue weighted by Crippen LogP contribution is -2.53. The van der Waals surface area contributed by atoms with E-state index in [0.29, 0.717) is 17.1 Å². The Morgan fingerprint density at radius 2 is 1.87 bits per heavy atom. The van der Waals surface area contributed by atoms with E-state index in [-0.39, 0.29) is 24.6 Å². The number of ketones is 1. The maximum absolute atomic E-state index is 12.6. The van der Waals surface area contributed by atoms with Gasteiger partial charge < -0.3 is 20.5 Å². The zero-order valence-electron chi connectivity index (χ0n) is 13.8. The Labute approximate surface area is 135 Å². The highest BCUT2D eigenvalue weighted by molar-refractivity contribution is 6.00. The van der Waals surface area contributed by atoms with Crippen LogP contribution in [-0.4, -0.2) is 48.7 Å². The molecule has 0 saturated heterocycles. The number of carbonyl (C=O) groups is 2. The molecule has 0 aliphatic carbocycles. The van der Waals surface area contributed by atoms with Crippen molar-refractivity contribution in [3.63, 3.8) is 0 Å². The topological polar surface area (TPSA) is 93.9 Å². The first-order chi connectivity index (χ1) is 10.8. The Hall–Kier alpha value is -2.12. The minimum Gasteiger partial charge on any atom is -0.454 e. The average Bonchev–Trinajstić information content (AvgIpc) is 2.99. The van der Waals surface area contributed by atoms with Crippen LogP contribution in [0.3, 0.4) is 0 Å². The van der Waals surface area contributed by atoms with Gasteiger partial charge in [0.05, 0.1) is 18.2 Å². The number of carbonyl (C=O) groups excluding carboxylic acids is 2. The van der Waals surface area contributed by atoms with Crippen LogP contribution in [0, 0.1) is 0 Å². The summed E-state index contributed by atoms with van der Waals surface area (Å²) in [6, 6.07) is 4.11. The maximum atomic E-state index is 12.6. The van der Waals surface area contributed by atoms with Crippen molar-refractivity contribution in [3.05, 3.63) is 23.8 Å². The van der Waals surface area contributed by atoms with Gasteiger partial charge in [0.1, 0.15) is 0 Å². The number of Topliss-reactive ketones (excluding diaryl/α,β-unsaturated/α-hetero) is 1. The molecule has 0 fully saturated rings. The van der Waals surface area contributed by atoms with Crippen molar-refractivity contribution in [3.8, 4) is 11.5 Å². The third-order valence-corrected chi connectivity index (χ3v) is 4.02. The predicted molar refractivity (Wildman–Crippen MR) is 85.4 cm³/mol. The first kappa shape index (κ1) is 17.2. The Morgan fingerprint density at radius 3 is 2.52 bits per heavy atom. The Kier molecular flexibility index (Phi) is 5.23. The highest BCUT2D eigenvalue weighted by Crippen LogP contribution is 2.33. The molecule has 2 rings (SSSR count). The number of hydrogen-bond donors (Lipinski definition) is 2. The molecular weight excluding hydrogens is 298 g/mol. The molecule has 0 aromatic heterocycles. The van der Waals surface area contributed by atoms with Crippen LogP contribution in [0.2, 0.25) is 0 Å². The molecule has 126 valence electrons. The van der Waals surface area contributed by atoms with Gasteiger partial charge in [-0.05, 0) is 46.0 Å². The van der Waals surface area contributed by atoms with Gasteiger partial charge in [0, 0.05) is 5.56 Å². The van der Waals surface area contributed by atoms with Crippen molar-refractivity contribution >= 4 is 11.7 Å². The molecule has 1 amide bonds. The summed E-state index contributed by atoms with van der Waals surface area (Å²) in [6.45, 7) is 5.39. The summed E-state index contributed by atoms with van der Waals surface area (Å²) >= 11 is 0. The molecule has 1 aliphatic rings. The van der Waals surface area contributed by atoms with E-state index in [9.17, 15) is 9.59 Å². The van der Waals surface area contributed by atoms with Gasteiger partial charge in [-0.2, -0.15) is 0 Å². The number of nitrogens with one attached hydrogen (secondary N) is 1. The first-order valence-electron chi connectivity index (χ1n) is 7.53. The lowest BCUT2D eigenvalue weighted by atomic mass is 10.0. The Balaban J connectivity index is 2.05. The van der Waals surface area contributed by atoms with Crippen LogP contribution in [0.25, 0.3) is 0 Å².